The van der Waals surface area contributed by atoms with Crippen LogP contribution in [-0.2, 0) is 97.9 Å². The summed E-state index contributed by atoms with van der Waals surface area (Å²) in [5.41, 5.74) is 7.05. The number of anilines is 6. The Labute approximate surface area is 789 Å². The number of piperazine rings is 3. The number of halogens is 5. The molecule has 0 atom stereocenters. The zero-order valence-corrected chi connectivity index (χ0v) is 87.6. The summed E-state index contributed by atoms with van der Waals surface area (Å²) in [5.74, 6) is 0.0753. The van der Waals surface area contributed by atoms with Crippen molar-refractivity contribution in [3.8, 4) is 0 Å². The van der Waals surface area contributed by atoms with Crippen molar-refractivity contribution in [2.75, 3.05) is 219 Å². The highest BCUT2D eigenvalue weighted by atomic mass is 35.5. The topological polar surface area (TPSA) is 393 Å². The third-order valence-electron chi connectivity index (χ3n) is 20.6. The minimum atomic E-state index is -3.61. The van der Waals surface area contributed by atoms with Crippen molar-refractivity contribution >= 4 is 153 Å². The Morgan fingerprint density at radius 2 is 0.602 bits per heavy atom. The number of hydrogen-bond acceptors (Lipinski definition) is 25. The predicted molar refractivity (Wildman–Crippen MR) is 524 cm³/mol. The lowest BCUT2D eigenvalue weighted by molar-refractivity contribution is 0.0408. The van der Waals surface area contributed by atoms with Gasteiger partial charge in [-0.2, -0.15) is 38.2 Å². The fraction of sp³-hybridized carbons (Fsp3) is 0.639. The van der Waals surface area contributed by atoms with Gasteiger partial charge < -0.3 is 24.3 Å². The zero-order chi connectivity index (χ0) is 97.0. The fourth-order valence-corrected chi connectivity index (χ4v) is 19.0. The molecule has 0 aromatic carbocycles. The summed E-state index contributed by atoms with van der Waals surface area (Å²) in [6.45, 7) is 49.6. The molecule has 4 aliphatic rings. The minimum Gasteiger partial charge on any atom is -0.379 e. The van der Waals surface area contributed by atoms with Gasteiger partial charge in [-0.05, 0) is 138 Å². The average molecular weight is 2010 g/mol. The lowest BCUT2D eigenvalue weighted by atomic mass is 9.88. The molecule has 4 fully saturated rings. The molecule has 6 N–H and O–H groups in total. The number of aromatic nitrogens is 6. The maximum Gasteiger partial charge on any atom is 0.301 e. The van der Waals surface area contributed by atoms with Gasteiger partial charge >= 0.3 is 30.6 Å². The van der Waals surface area contributed by atoms with Crippen LogP contribution in [0.5, 0.6) is 0 Å². The molecule has 0 spiro atoms. The lowest BCUT2D eigenvalue weighted by Crippen LogP contribution is -2.48. The molecule has 10 heterocycles. The van der Waals surface area contributed by atoms with Gasteiger partial charge in [0, 0.05) is 163 Å². The third-order valence-corrected chi connectivity index (χ3v) is 30.4. The Kier molecular flexibility index (Phi) is 42.0. The van der Waals surface area contributed by atoms with Crippen molar-refractivity contribution in [3.63, 3.8) is 0 Å². The van der Waals surface area contributed by atoms with Gasteiger partial charge in [-0.3, -0.25) is 43.1 Å². The highest BCUT2D eigenvalue weighted by Crippen LogP contribution is 2.35. The van der Waals surface area contributed by atoms with E-state index < -0.39 is 60.7 Å². The Balaban J connectivity index is 0.000000273. The Morgan fingerprint density at radius 3 is 0.898 bits per heavy atom. The SMILES string of the molecule is CC(C)(C)c1cnc(Cl)c(NS(=O)(=O)CCN2CCOCC2)c1.CN(C)CCS(=O)(=O)Nc1cc(C(C)(C)C)cnc1Cl.CN(C)S(=O)(=O)Nc1cc(C(C)(C)C)cnc1Cl.CN1CCN(CCS(=O)(=O)Nc2cc(C(C)(C)C)cnc2Cl)CC1.CN1CCN(S(=O)(=O)Nc2cc(C(C)(C)C)cnc2Cl)CC1.CN1CCN(S(=O)(=O)Nc2cncc(C(C)(C)C)c2)CC1. The first-order valence-electron chi connectivity index (χ1n) is 41.8. The van der Waals surface area contributed by atoms with Crippen molar-refractivity contribution < 1.29 is 55.2 Å². The van der Waals surface area contributed by atoms with Crippen LogP contribution in [0.3, 0.4) is 0 Å². The quantitative estimate of drug-likeness (QED) is 0.0307. The van der Waals surface area contributed by atoms with Crippen molar-refractivity contribution in [2.24, 2.45) is 0 Å². The molecule has 6 aromatic heterocycles. The molecule has 0 bridgehead atoms. The van der Waals surface area contributed by atoms with E-state index in [9.17, 15) is 50.5 Å². The fourth-order valence-electron chi connectivity index (χ4n) is 11.6. The molecule has 10 rings (SSSR count). The van der Waals surface area contributed by atoms with Gasteiger partial charge in [-0.25, -0.2) is 50.2 Å². The first-order valence-corrected chi connectivity index (χ1v) is 53.0. The maximum absolute atomic E-state index is 12.5. The molecular weight excluding hydrogens is 1870 g/mol. The molecule has 4 saturated heterocycles. The second-order valence-corrected chi connectivity index (χ2v) is 51.0. The van der Waals surface area contributed by atoms with Gasteiger partial charge in [-0.1, -0.05) is 183 Å². The maximum atomic E-state index is 12.5. The van der Waals surface area contributed by atoms with E-state index in [0.717, 1.165) is 103 Å². The summed E-state index contributed by atoms with van der Waals surface area (Å²) in [6, 6.07) is 10.6. The van der Waals surface area contributed by atoms with Crippen molar-refractivity contribution in [2.45, 2.75) is 157 Å². The largest absolute Gasteiger partial charge is 0.379 e. The Morgan fingerprint density at radius 1 is 0.336 bits per heavy atom. The molecule has 4 aliphatic heterocycles. The molecule has 128 heavy (non-hydrogen) atoms. The smallest absolute Gasteiger partial charge is 0.301 e. The van der Waals surface area contributed by atoms with Crippen molar-refractivity contribution in [1.29, 1.82) is 0 Å². The number of pyridine rings is 6. The number of morpholine rings is 1. The molecule has 724 valence electrons. The number of nitrogens with one attached hydrogen (secondary N) is 6. The van der Waals surface area contributed by atoms with E-state index in [1.807, 2.05) is 143 Å². The van der Waals surface area contributed by atoms with Crippen LogP contribution in [0.1, 0.15) is 158 Å². The number of ether oxygens (including phenoxy) is 1. The van der Waals surface area contributed by atoms with Crippen LogP contribution in [0, 0.1) is 0 Å². The first-order chi connectivity index (χ1) is 58.6. The minimum absolute atomic E-state index is 0.00999. The normalized spacial score (nSPS) is 16.5. The summed E-state index contributed by atoms with van der Waals surface area (Å²) in [4.78, 5) is 37.0. The highest BCUT2D eigenvalue weighted by Gasteiger charge is 2.32. The highest BCUT2D eigenvalue weighted by molar-refractivity contribution is 7.93. The lowest BCUT2D eigenvalue weighted by Gasteiger charge is -2.32. The standard InChI is InChI=1S/C16H27ClN4O2S.C15H24ClN3O3S.C14H23ClN4O2S.C14H24N4O2S.C13H22ClN3O2S.C11H18ClN3O2S/c1-16(2,3)13-11-14(15(17)18-12-13)19-24(22,23)10-9-21-7-5-20(4)6-8-21;1-15(2,3)12-10-13(14(16)17-11-12)18-23(20,21)9-6-19-4-7-22-8-5-19;1-14(2,3)11-9-12(13(15)16-10-11)17-22(20,21)19-7-5-18(4)6-8-19;1-14(2,3)12-9-13(11-15-10-12)16-21(19,20)18-7-5-17(4)6-8-18;1-13(2,3)10-8-11(12(14)15-9-10)16-20(18,19)7-6-17(4)5;1-11(2,3)8-6-9(10(12)13-7-8)14-18(16,17)15(4)5/h11-12,19H,5-10H2,1-4H3;10-11,18H,4-9H2,1-3H3;9-10,17H,5-8H2,1-4H3;9-11,16H,5-8H2,1-4H3;8-9,16H,6-7H2,1-5H3;6-7,14H,1-5H3. The van der Waals surface area contributed by atoms with Crippen LogP contribution < -0.4 is 28.3 Å². The van der Waals surface area contributed by atoms with Gasteiger partial charge in [0.05, 0.1) is 70.8 Å². The van der Waals surface area contributed by atoms with Gasteiger partial charge in [0.25, 0.3) is 0 Å². The molecule has 45 heteroatoms. The van der Waals surface area contributed by atoms with Crippen molar-refractivity contribution in [1.82, 2.24) is 72.2 Å². The van der Waals surface area contributed by atoms with Gasteiger partial charge in [-0.15, -0.1) is 0 Å². The van der Waals surface area contributed by atoms with Crippen molar-refractivity contribution in [3.05, 3.63) is 139 Å². The van der Waals surface area contributed by atoms with Crippen LogP contribution in [0.25, 0.3) is 0 Å². The van der Waals surface area contributed by atoms with Crippen LogP contribution in [0.15, 0.2) is 79.8 Å². The van der Waals surface area contributed by atoms with E-state index in [0.29, 0.717) is 87.5 Å². The monoisotopic (exact) mass is 2000 g/mol. The summed E-state index contributed by atoms with van der Waals surface area (Å²) in [6.07, 6.45) is 11.7. The van der Waals surface area contributed by atoms with Gasteiger partial charge in [0.2, 0.25) is 30.1 Å². The zero-order valence-electron chi connectivity index (χ0n) is 78.9. The number of nitrogens with zero attached hydrogens (tertiary/aromatic N) is 15. The summed E-state index contributed by atoms with van der Waals surface area (Å²) in [7, 11) is -8.48. The van der Waals surface area contributed by atoms with Crippen LogP contribution in [0.4, 0.5) is 34.1 Å². The van der Waals surface area contributed by atoms with Gasteiger partial charge in [0.1, 0.15) is 0 Å². The predicted octanol–water partition coefficient (Wildman–Crippen LogP) is 11.9. The molecular formula is C83H138Cl5N21O13S6. The van der Waals surface area contributed by atoms with E-state index in [4.69, 9.17) is 62.7 Å². The molecule has 0 aliphatic carbocycles. The molecule has 34 nitrogen and oxygen atoms in total. The summed E-state index contributed by atoms with van der Waals surface area (Å²) >= 11 is 30.0. The van der Waals surface area contributed by atoms with Gasteiger partial charge in [0.15, 0.2) is 25.8 Å². The van der Waals surface area contributed by atoms with E-state index in [1.54, 1.807) is 73.7 Å². The third kappa shape index (κ3) is 39.2. The van der Waals surface area contributed by atoms with Crippen LogP contribution in [0.2, 0.25) is 25.8 Å². The summed E-state index contributed by atoms with van der Waals surface area (Å²) < 4.78 is 171. The number of hydrogen-bond donors (Lipinski definition) is 6. The molecule has 0 unspecified atom stereocenters. The summed E-state index contributed by atoms with van der Waals surface area (Å²) in [5, 5.41) is 0.782. The molecule has 0 amide bonds. The van der Waals surface area contributed by atoms with Crippen LogP contribution >= 0.6 is 58.0 Å². The Bertz CT molecular complexity index is 5320. The first kappa shape index (κ1) is 113. The Hall–Kier alpha value is -5.55. The second-order valence-electron chi connectivity index (χ2n) is 38.4. The number of rotatable bonds is 24. The van der Waals surface area contributed by atoms with E-state index >= 15 is 0 Å². The average Bonchev–Trinajstić information content (AvgIpc) is 0.822. The van der Waals surface area contributed by atoms with Crippen LogP contribution in [-0.4, -0.2) is 314 Å². The number of likely N-dealkylation sites (N-methyl/N-ethyl adjacent to an activating group) is 3. The molecule has 6 aromatic rings. The second kappa shape index (κ2) is 47.6. The molecule has 0 radical (unpaired) electrons. The van der Waals surface area contributed by atoms with E-state index in [1.165, 1.54) is 22.7 Å². The number of sulfonamides is 3. The van der Waals surface area contributed by atoms with E-state index in [2.05, 4.69) is 111 Å². The van der Waals surface area contributed by atoms with E-state index in [-0.39, 0.29) is 81.2 Å². The molecule has 0 saturated carbocycles.